The number of guanidine groups is 1. The topological polar surface area (TPSA) is 100 Å². The Labute approximate surface area is 138 Å². The SMILES string of the molecule is CCNC(=NCC(C)(C)C(N)=O)N1CCN(C(=O)OCC)CC1. The van der Waals surface area contributed by atoms with Gasteiger partial charge in [0.05, 0.1) is 18.6 Å². The lowest BCUT2D eigenvalue weighted by Gasteiger charge is -2.36. The molecular formula is C15H29N5O3. The number of hydrogen-bond donors (Lipinski definition) is 2. The van der Waals surface area contributed by atoms with E-state index in [1.54, 1.807) is 25.7 Å². The van der Waals surface area contributed by atoms with E-state index in [2.05, 4.69) is 15.2 Å². The van der Waals surface area contributed by atoms with Crippen molar-refractivity contribution in [3.8, 4) is 0 Å². The predicted octanol–water partition coefficient (Wildman–Crippen LogP) is 0.238. The summed E-state index contributed by atoms with van der Waals surface area (Å²) in [6, 6.07) is 0. The van der Waals surface area contributed by atoms with Crippen LogP contribution in [0.25, 0.3) is 0 Å². The van der Waals surface area contributed by atoms with Crippen molar-refractivity contribution in [3.63, 3.8) is 0 Å². The van der Waals surface area contributed by atoms with Crippen molar-refractivity contribution in [1.29, 1.82) is 0 Å². The maximum Gasteiger partial charge on any atom is 0.409 e. The van der Waals surface area contributed by atoms with Gasteiger partial charge in [-0.25, -0.2) is 4.79 Å². The average molecular weight is 327 g/mol. The molecule has 132 valence electrons. The first-order valence-electron chi connectivity index (χ1n) is 8.06. The van der Waals surface area contributed by atoms with Crippen molar-refractivity contribution in [2.75, 3.05) is 45.9 Å². The summed E-state index contributed by atoms with van der Waals surface area (Å²) >= 11 is 0. The molecule has 1 saturated heterocycles. The fourth-order valence-corrected chi connectivity index (χ4v) is 2.09. The van der Waals surface area contributed by atoms with Crippen LogP contribution in [0.4, 0.5) is 4.79 Å². The number of ether oxygens (including phenoxy) is 1. The molecule has 0 radical (unpaired) electrons. The van der Waals surface area contributed by atoms with Gasteiger partial charge in [0.2, 0.25) is 5.91 Å². The summed E-state index contributed by atoms with van der Waals surface area (Å²) in [6.07, 6.45) is -0.274. The maximum atomic E-state index is 11.7. The number of nitrogens with two attached hydrogens (primary N) is 1. The molecule has 23 heavy (non-hydrogen) atoms. The van der Waals surface area contributed by atoms with Crippen LogP contribution in [-0.4, -0.2) is 73.6 Å². The smallest absolute Gasteiger partial charge is 0.409 e. The fraction of sp³-hybridized carbons (Fsp3) is 0.800. The molecule has 1 aliphatic rings. The number of amides is 2. The monoisotopic (exact) mass is 327 g/mol. The second kappa shape index (κ2) is 8.59. The molecule has 0 aromatic rings. The van der Waals surface area contributed by atoms with Crippen molar-refractivity contribution < 1.29 is 14.3 Å². The molecule has 8 nitrogen and oxygen atoms in total. The van der Waals surface area contributed by atoms with Crippen molar-refractivity contribution in [3.05, 3.63) is 0 Å². The van der Waals surface area contributed by atoms with Gasteiger partial charge in [-0.05, 0) is 27.7 Å². The van der Waals surface area contributed by atoms with Gasteiger partial charge in [0.1, 0.15) is 0 Å². The summed E-state index contributed by atoms with van der Waals surface area (Å²) in [5.74, 6) is 0.370. The Morgan fingerprint density at radius 1 is 1.17 bits per heavy atom. The first-order valence-corrected chi connectivity index (χ1v) is 8.06. The minimum Gasteiger partial charge on any atom is -0.450 e. The molecule has 0 atom stereocenters. The summed E-state index contributed by atoms with van der Waals surface area (Å²) in [6.45, 7) is 11.3. The van der Waals surface area contributed by atoms with Crippen LogP contribution >= 0.6 is 0 Å². The zero-order valence-electron chi connectivity index (χ0n) is 14.6. The molecule has 2 amide bonds. The zero-order valence-corrected chi connectivity index (χ0v) is 14.6. The number of piperazine rings is 1. The number of nitrogens with one attached hydrogen (secondary N) is 1. The normalized spacial score (nSPS) is 16.3. The number of carbonyl (C=O) groups is 2. The van der Waals surface area contributed by atoms with Gasteiger partial charge in [-0.2, -0.15) is 0 Å². The first kappa shape index (κ1) is 19.1. The Morgan fingerprint density at radius 2 is 1.74 bits per heavy atom. The van der Waals surface area contributed by atoms with Crippen LogP contribution in [0.1, 0.15) is 27.7 Å². The van der Waals surface area contributed by atoms with E-state index in [1.165, 1.54) is 0 Å². The van der Waals surface area contributed by atoms with E-state index < -0.39 is 5.41 Å². The molecule has 0 aliphatic carbocycles. The van der Waals surface area contributed by atoms with Crippen LogP contribution in [0.15, 0.2) is 4.99 Å². The third-order valence-electron chi connectivity index (χ3n) is 3.73. The molecule has 1 aliphatic heterocycles. The van der Waals surface area contributed by atoms with Crippen LogP contribution in [0, 0.1) is 5.41 Å². The summed E-state index contributed by atoms with van der Waals surface area (Å²) in [4.78, 5) is 31.4. The second-order valence-electron chi connectivity index (χ2n) is 6.09. The Kier molecular flexibility index (Phi) is 7.12. The molecule has 0 spiro atoms. The number of hydrogen-bond acceptors (Lipinski definition) is 4. The third-order valence-corrected chi connectivity index (χ3v) is 3.73. The standard InChI is InChI=1S/C15H29N5O3/c1-5-17-13(18-11-15(3,4)12(16)21)19-7-9-20(10-8-19)14(22)23-6-2/h5-11H2,1-4H3,(H2,16,21)(H,17,18). The molecule has 0 bridgehead atoms. The van der Waals surface area contributed by atoms with Gasteiger partial charge in [-0.3, -0.25) is 9.79 Å². The molecule has 0 saturated carbocycles. The lowest BCUT2D eigenvalue weighted by atomic mass is 9.93. The molecule has 0 aromatic carbocycles. The van der Waals surface area contributed by atoms with Crippen molar-refractivity contribution in [2.45, 2.75) is 27.7 Å². The number of carbonyl (C=O) groups excluding carboxylic acids is 2. The largest absolute Gasteiger partial charge is 0.450 e. The van der Waals surface area contributed by atoms with Crippen molar-refractivity contribution in [2.24, 2.45) is 16.1 Å². The van der Waals surface area contributed by atoms with Crippen LogP contribution in [-0.2, 0) is 9.53 Å². The quantitative estimate of drug-likeness (QED) is 0.556. The van der Waals surface area contributed by atoms with Crippen LogP contribution in [0.5, 0.6) is 0 Å². The highest BCUT2D eigenvalue weighted by Gasteiger charge is 2.27. The predicted molar refractivity (Wildman–Crippen MR) is 89.1 cm³/mol. The molecule has 1 fully saturated rings. The van der Waals surface area contributed by atoms with E-state index in [0.717, 1.165) is 12.5 Å². The van der Waals surface area contributed by atoms with Crippen molar-refractivity contribution >= 4 is 18.0 Å². The summed E-state index contributed by atoms with van der Waals surface area (Å²) in [5, 5.41) is 3.22. The fourth-order valence-electron chi connectivity index (χ4n) is 2.09. The molecule has 1 rings (SSSR count). The van der Waals surface area contributed by atoms with E-state index in [9.17, 15) is 9.59 Å². The van der Waals surface area contributed by atoms with Gasteiger partial charge in [-0.1, -0.05) is 0 Å². The minimum absolute atomic E-state index is 0.274. The minimum atomic E-state index is -0.687. The molecule has 3 N–H and O–H groups in total. The average Bonchev–Trinajstić information content (AvgIpc) is 2.51. The number of primary amides is 1. The van der Waals surface area contributed by atoms with E-state index in [0.29, 0.717) is 39.3 Å². The second-order valence-corrected chi connectivity index (χ2v) is 6.09. The Morgan fingerprint density at radius 3 is 2.22 bits per heavy atom. The highest BCUT2D eigenvalue weighted by atomic mass is 16.6. The van der Waals surface area contributed by atoms with Crippen LogP contribution in [0.2, 0.25) is 0 Å². The number of aliphatic imine (C=N–C) groups is 1. The van der Waals surface area contributed by atoms with E-state index in [4.69, 9.17) is 10.5 Å². The number of rotatable bonds is 5. The van der Waals surface area contributed by atoms with Gasteiger partial charge < -0.3 is 25.6 Å². The zero-order chi connectivity index (χ0) is 17.5. The highest BCUT2D eigenvalue weighted by Crippen LogP contribution is 2.14. The van der Waals surface area contributed by atoms with Gasteiger partial charge in [0.15, 0.2) is 5.96 Å². The number of nitrogens with zero attached hydrogens (tertiary/aromatic N) is 3. The Hall–Kier alpha value is -1.99. The van der Waals surface area contributed by atoms with E-state index in [-0.39, 0.29) is 12.0 Å². The lowest BCUT2D eigenvalue weighted by Crippen LogP contribution is -2.54. The van der Waals surface area contributed by atoms with Gasteiger partial charge in [-0.15, -0.1) is 0 Å². The van der Waals surface area contributed by atoms with Gasteiger partial charge in [0.25, 0.3) is 0 Å². The highest BCUT2D eigenvalue weighted by molar-refractivity contribution is 5.83. The van der Waals surface area contributed by atoms with Crippen LogP contribution < -0.4 is 11.1 Å². The molecular weight excluding hydrogens is 298 g/mol. The van der Waals surface area contributed by atoms with Gasteiger partial charge in [0, 0.05) is 32.7 Å². The molecule has 8 heteroatoms. The van der Waals surface area contributed by atoms with E-state index in [1.807, 2.05) is 6.92 Å². The van der Waals surface area contributed by atoms with Crippen molar-refractivity contribution in [1.82, 2.24) is 15.1 Å². The third kappa shape index (κ3) is 5.61. The molecule has 1 heterocycles. The Bertz CT molecular complexity index is 442. The summed E-state index contributed by atoms with van der Waals surface area (Å²) in [7, 11) is 0. The van der Waals surface area contributed by atoms with Crippen LogP contribution in [0.3, 0.4) is 0 Å². The maximum absolute atomic E-state index is 11.7. The first-order chi connectivity index (χ1) is 10.8. The molecule has 0 aromatic heterocycles. The lowest BCUT2D eigenvalue weighted by molar-refractivity contribution is -0.125. The van der Waals surface area contributed by atoms with Gasteiger partial charge >= 0.3 is 6.09 Å². The molecule has 0 unspecified atom stereocenters. The van der Waals surface area contributed by atoms with E-state index >= 15 is 0 Å². The summed E-state index contributed by atoms with van der Waals surface area (Å²) < 4.78 is 5.01. The summed E-state index contributed by atoms with van der Waals surface area (Å²) in [5.41, 5.74) is 4.70. The Balaban J connectivity index is 2.66.